The fourth-order valence-electron chi connectivity index (χ4n) is 2.21. The number of sulfonamides is 1. The quantitative estimate of drug-likeness (QED) is 0.802. The first-order valence-electron chi connectivity index (χ1n) is 7.57. The largest absolute Gasteiger partial charge is 0.496 e. The minimum absolute atomic E-state index is 0.0487. The van der Waals surface area contributed by atoms with Crippen LogP contribution in [0, 0.1) is 18.6 Å². The molecule has 140 valence electrons. The lowest BCUT2D eigenvalue weighted by atomic mass is 10.2. The molecule has 0 fully saturated rings. The Labute approximate surface area is 150 Å². The molecule has 0 radical (unpaired) electrons. The molecule has 0 unspecified atom stereocenters. The van der Waals surface area contributed by atoms with Crippen LogP contribution in [-0.2, 0) is 14.8 Å². The number of ether oxygens (including phenoxy) is 1. The van der Waals surface area contributed by atoms with Crippen LogP contribution in [0.2, 0.25) is 0 Å². The fourth-order valence-corrected chi connectivity index (χ4v) is 3.49. The molecule has 0 saturated heterocycles. The smallest absolute Gasteiger partial charge is 0.242 e. The van der Waals surface area contributed by atoms with Crippen LogP contribution in [0.3, 0.4) is 0 Å². The lowest BCUT2D eigenvalue weighted by molar-refractivity contribution is -0.117. The molecule has 0 aliphatic heterocycles. The van der Waals surface area contributed by atoms with Gasteiger partial charge in [-0.25, -0.2) is 17.2 Å². The van der Waals surface area contributed by atoms with Crippen LogP contribution in [-0.4, -0.2) is 27.5 Å². The van der Waals surface area contributed by atoms with E-state index in [1.54, 1.807) is 6.92 Å². The maximum atomic E-state index is 13.6. The van der Waals surface area contributed by atoms with E-state index in [2.05, 4.69) is 10.0 Å². The minimum Gasteiger partial charge on any atom is -0.496 e. The molecule has 9 heteroatoms. The number of aryl methyl sites for hydroxylation is 1. The number of rotatable bonds is 6. The first-order chi connectivity index (χ1) is 12.1. The zero-order chi connectivity index (χ0) is 19.5. The van der Waals surface area contributed by atoms with Gasteiger partial charge in [0.15, 0.2) is 0 Å². The van der Waals surface area contributed by atoms with Gasteiger partial charge in [-0.05, 0) is 49.7 Å². The molecule has 0 bridgehead atoms. The lowest BCUT2D eigenvalue weighted by Crippen LogP contribution is -2.41. The number of hydrogen-bond donors (Lipinski definition) is 2. The van der Waals surface area contributed by atoms with E-state index in [-0.39, 0.29) is 10.6 Å². The normalized spacial score (nSPS) is 12.5. The standard InChI is InChI=1S/C17H18F2N2O4S/c1-10-8-13(5-7-16(10)25-3)26(23,24)21-11(2)17(22)20-15-9-12(18)4-6-14(15)19/h4-9,11,21H,1-3H3,(H,20,22)/t11-/m1/s1. The maximum Gasteiger partial charge on any atom is 0.242 e. The number of carbonyl (C=O) groups is 1. The Balaban J connectivity index is 2.14. The van der Waals surface area contributed by atoms with E-state index < -0.39 is 33.6 Å². The summed E-state index contributed by atoms with van der Waals surface area (Å²) in [4.78, 5) is 12.1. The van der Waals surface area contributed by atoms with E-state index in [1.165, 1.54) is 32.2 Å². The van der Waals surface area contributed by atoms with Gasteiger partial charge >= 0.3 is 0 Å². The molecule has 2 rings (SSSR count). The molecule has 0 spiro atoms. The predicted octanol–water partition coefficient (Wildman–Crippen LogP) is 2.59. The topological polar surface area (TPSA) is 84.5 Å². The van der Waals surface area contributed by atoms with Crippen molar-refractivity contribution in [3.8, 4) is 5.75 Å². The summed E-state index contributed by atoms with van der Waals surface area (Å²) in [6.45, 7) is 2.97. The predicted molar refractivity (Wildman–Crippen MR) is 92.5 cm³/mol. The summed E-state index contributed by atoms with van der Waals surface area (Å²) in [5, 5.41) is 2.15. The third kappa shape index (κ3) is 4.55. The van der Waals surface area contributed by atoms with Gasteiger partial charge in [0.05, 0.1) is 23.7 Å². The van der Waals surface area contributed by atoms with E-state index in [0.717, 1.165) is 18.2 Å². The molecule has 0 aliphatic rings. The van der Waals surface area contributed by atoms with Crippen molar-refractivity contribution in [3.63, 3.8) is 0 Å². The van der Waals surface area contributed by atoms with Crippen LogP contribution in [0.25, 0.3) is 0 Å². The lowest BCUT2D eigenvalue weighted by Gasteiger charge is -2.15. The Bertz CT molecular complexity index is 932. The maximum absolute atomic E-state index is 13.6. The molecule has 1 amide bonds. The van der Waals surface area contributed by atoms with Crippen LogP contribution in [0.1, 0.15) is 12.5 Å². The zero-order valence-corrected chi connectivity index (χ0v) is 15.2. The number of benzene rings is 2. The molecule has 2 N–H and O–H groups in total. The van der Waals surface area contributed by atoms with Crippen molar-refractivity contribution in [3.05, 3.63) is 53.6 Å². The number of halogens is 2. The van der Waals surface area contributed by atoms with Crippen molar-refractivity contribution in [2.75, 3.05) is 12.4 Å². The Morgan fingerprint density at radius 2 is 1.85 bits per heavy atom. The monoisotopic (exact) mass is 384 g/mol. The van der Waals surface area contributed by atoms with Gasteiger partial charge in [-0.1, -0.05) is 0 Å². The summed E-state index contributed by atoms with van der Waals surface area (Å²) in [5.74, 6) is -1.87. The summed E-state index contributed by atoms with van der Waals surface area (Å²) in [7, 11) is -2.53. The van der Waals surface area contributed by atoms with Gasteiger partial charge in [0.25, 0.3) is 0 Å². The summed E-state index contributed by atoms with van der Waals surface area (Å²) >= 11 is 0. The van der Waals surface area contributed by atoms with Gasteiger partial charge in [0.2, 0.25) is 15.9 Å². The third-order valence-corrected chi connectivity index (χ3v) is 5.13. The molecule has 26 heavy (non-hydrogen) atoms. The molecule has 0 aliphatic carbocycles. The SMILES string of the molecule is COc1ccc(S(=O)(=O)N[C@H](C)C(=O)Nc2cc(F)ccc2F)cc1C. The van der Waals surface area contributed by atoms with Gasteiger partial charge in [-0.3, -0.25) is 4.79 Å². The van der Waals surface area contributed by atoms with Gasteiger partial charge in [0.1, 0.15) is 17.4 Å². The van der Waals surface area contributed by atoms with Crippen molar-refractivity contribution in [1.29, 1.82) is 0 Å². The summed E-state index contributed by atoms with van der Waals surface area (Å²) < 4.78 is 58.8. The van der Waals surface area contributed by atoms with Crippen LogP contribution < -0.4 is 14.8 Å². The summed E-state index contributed by atoms with van der Waals surface area (Å²) in [6.07, 6.45) is 0. The second-order valence-corrected chi connectivity index (χ2v) is 7.30. The van der Waals surface area contributed by atoms with E-state index >= 15 is 0 Å². The molecule has 0 aromatic heterocycles. The Kier molecular flexibility index (Phi) is 5.94. The third-order valence-electron chi connectivity index (χ3n) is 3.59. The minimum atomic E-state index is -4.00. The zero-order valence-electron chi connectivity index (χ0n) is 14.3. The average Bonchev–Trinajstić information content (AvgIpc) is 2.57. The Morgan fingerprint density at radius 3 is 2.46 bits per heavy atom. The molecular formula is C17H18F2N2O4S. The number of anilines is 1. The first kappa shape index (κ1) is 19.8. The van der Waals surface area contributed by atoms with Crippen LogP contribution in [0.4, 0.5) is 14.5 Å². The van der Waals surface area contributed by atoms with Crippen molar-refractivity contribution in [2.45, 2.75) is 24.8 Å². The van der Waals surface area contributed by atoms with Crippen molar-refractivity contribution < 1.29 is 26.7 Å². The van der Waals surface area contributed by atoms with Crippen LogP contribution >= 0.6 is 0 Å². The number of carbonyl (C=O) groups excluding carboxylic acids is 1. The van der Waals surface area contributed by atoms with Gasteiger partial charge < -0.3 is 10.1 Å². The highest BCUT2D eigenvalue weighted by Gasteiger charge is 2.23. The van der Waals surface area contributed by atoms with Crippen LogP contribution in [0.5, 0.6) is 5.75 Å². The van der Waals surface area contributed by atoms with E-state index in [1.807, 2.05) is 0 Å². The van der Waals surface area contributed by atoms with Crippen molar-refractivity contribution >= 4 is 21.6 Å². The Hall–Kier alpha value is -2.52. The average molecular weight is 384 g/mol. The molecule has 0 saturated carbocycles. The summed E-state index contributed by atoms with van der Waals surface area (Å²) in [6, 6.07) is 5.59. The van der Waals surface area contributed by atoms with Gasteiger partial charge in [-0.2, -0.15) is 4.72 Å². The van der Waals surface area contributed by atoms with Gasteiger partial charge in [0, 0.05) is 6.07 Å². The molecule has 0 heterocycles. The highest BCUT2D eigenvalue weighted by atomic mass is 32.2. The van der Waals surface area contributed by atoms with E-state index in [0.29, 0.717) is 11.3 Å². The van der Waals surface area contributed by atoms with E-state index in [9.17, 15) is 22.0 Å². The molecule has 6 nitrogen and oxygen atoms in total. The van der Waals surface area contributed by atoms with Crippen LogP contribution in [0.15, 0.2) is 41.3 Å². The Morgan fingerprint density at radius 1 is 1.15 bits per heavy atom. The second-order valence-electron chi connectivity index (χ2n) is 5.59. The second kappa shape index (κ2) is 7.79. The highest BCUT2D eigenvalue weighted by molar-refractivity contribution is 7.89. The highest BCUT2D eigenvalue weighted by Crippen LogP contribution is 2.21. The number of nitrogens with one attached hydrogen (secondary N) is 2. The molecule has 2 aromatic rings. The van der Waals surface area contributed by atoms with E-state index in [4.69, 9.17) is 4.74 Å². The number of methoxy groups -OCH3 is 1. The fraction of sp³-hybridized carbons (Fsp3) is 0.235. The van der Waals surface area contributed by atoms with Gasteiger partial charge in [-0.15, -0.1) is 0 Å². The number of amides is 1. The number of hydrogen-bond acceptors (Lipinski definition) is 4. The molecule has 2 aromatic carbocycles. The molecular weight excluding hydrogens is 366 g/mol. The van der Waals surface area contributed by atoms with Crippen molar-refractivity contribution in [2.24, 2.45) is 0 Å². The molecule has 1 atom stereocenters. The first-order valence-corrected chi connectivity index (χ1v) is 9.05. The summed E-state index contributed by atoms with van der Waals surface area (Å²) in [5.41, 5.74) is 0.232. The van der Waals surface area contributed by atoms with Crippen molar-refractivity contribution in [1.82, 2.24) is 4.72 Å².